The van der Waals surface area contributed by atoms with Crippen LogP contribution in [-0.4, -0.2) is 110 Å². The molecule has 0 bridgehead atoms. The molecule has 1 saturated heterocycles. The van der Waals surface area contributed by atoms with Crippen molar-refractivity contribution in [1.29, 1.82) is 0 Å². The molecule has 9 atom stereocenters. The lowest BCUT2D eigenvalue weighted by Gasteiger charge is -2.40. The summed E-state index contributed by atoms with van der Waals surface area (Å²) in [5.41, 5.74) is 0. The standard InChI is InChI=1S/C51H99NO10/c1-3-5-7-9-11-12-13-14-15-16-17-18-19-20-21-22-23-24-25-26-27-28-29-30-31-33-35-37-39-44(55)50(60)52-42(46(56)43(54)38-36-34-32-10-8-6-4-2)41-61-51-49(59)48(58)47(57)45(40-53)62-51/h10,32,42-49,51,53-59H,3-9,11-31,33-41H2,1-2H3,(H,52,60)/b32-10+. The number of ether oxygens (including phenoxy) is 2. The zero-order valence-electron chi connectivity index (χ0n) is 39.9. The largest absolute Gasteiger partial charge is 0.394 e. The van der Waals surface area contributed by atoms with E-state index >= 15 is 0 Å². The summed E-state index contributed by atoms with van der Waals surface area (Å²) in [5.74, 6) is -0.706. The van der Waals surface area contributed by atoms with Crippen molar-refractivity contribution in [3.63, 3.8) is 0 Å². The number of rotatable bonds is 44. The van der Waals surface area contributed by atoms with E-state index in [9.17, 15) is 40.5 Å². The molecule has 0 radical (unpaired) electrons. The topological polar surface area (TPSA) is 189 Å². The fourth-order valence-electron chi connectivity index (χ4n) is 8.49. The molecule has 1 aliphatic heterocycles. The number of hydrogen-bond acceptors (Lipinski definition) is 10. The van der Waals surface area contributed by atoms with Crippen LogP contribution in [0.2, 0.25) is 0 Å². The van der Waals surface area contributed by atoms with Crippen LogP contribution in [0.1, 0.15) is 239 Å². The lowest BCUT2D eigenvalue weighted by atomic mass is 9.98. The Labute approximate surface area is 379 Å². The SMILES string of the molecule is CCCC/C=C/CCCC(O)C(O)C(COC1OC(CO)C(O)C(O)C1O)NC(=O)C(O)CCCCCCCCCCCCCCCCCCCCCCCCCCCCCC. The monoisotopic (exact) mass is 886 g/mol. The van der Waals surface area contributed by atoms with Gasteiger partial charge in [-0.15, -0.1) is 0 Å². The molecule has 1 aliphatic rings. The minimum atomic E-state index is -1.66. The van der Waals surface area contributed by atoms with Crippen molar-refractivity contribution in [2.75, 3.05) is 13.2 Å². The highest BCUT2D eigenvalue weighted by Crippen LogP contribution is 2.23. The summed E-state index contributed by atoms with van der Waals surface area (Å²) in [6.45, 7) is 3.35. The first-order valence-corrected chi connectivity index (χ1v) is 26.1. The van der Waals surface area contributed by atoms with E-state index < -0.39 is 74.2 Å². The maximum Gasteiger partial charge on any atom is 0.249 e. The molecule has 1 heterocycles. The van der Waals surface area contributed by atoms with Gasteiger partial charge in [-0.25, -0.2) is 0 Å². The minimum Gasteiger partial charge on any atom is -0.394 e. The molecule has 0 aliphatic carbocycles. The van der Waals surface area contributed by atoms with Crippen LogP contribution in [0.5, 0.6) is 0 Å². The van der Waals surface area contributed by atoms with Gasteiger partial charge in [0, 0.05) is 0 Å². The molecule has 11 nitrogen and oxygen atoms in total. The predicted molar refractivity (Wildman–Crippen MR) is 252 cm³/mol. The highest BCUT2D eigenvalue weighted by molar-refractivity contribution is 5.80. The Hall–Kier alpha value is -1.15. The van der Waals surface area contributed by atoms with Gasteiger partial charge in [-0.2, -0.15) is 0 Å². The number of aliphatic hydroxyl groups excluding tert-OH is 7. The van der Waals surface area contributed by atoms with Crippen LogP contribution < -0.4 is 5.32 Å². The summed E-state index contributed by atoms with van der Waals surface area (Å²) in [7, 11) is 0. The summed E-state index contributed by atoms with van der Waals surface area (Å²) >= 11 is 0. The van der Waals surface area contributed by atoms with Crippen LogP contribution in [0, 0.1) is 0 Å². The molecule has 62 heavy (non-hydrogen) atoms. The molecule has 0 spiro atoms. The van der Waals surface area contributed by atoms with Crippen molar-refractivity contribution < 1.29 is 50.0 Å². The molecule has 0 saturated carbocycles. The molecule has 11 heteroatoms. The van der Waals surface area contributed by atoms with Crippen LogP contribution >= 0.6 is 0 Å². The maximum absolute atomic E-state index is 13.1. The molecule has 0 aromatic heterocycles. The Morgan fingerprint density at radius 2 is 0.952 bits per heavy atom. The van der Waals surface area contributed by atoms with Crippen molar-refractivity contribution in [1.82, 2.24) is 5.32 Å². The molecule has 9 unspecified atom stereocenters. The smallest absolute Gasteiger partial charge is 0.249 e. The molecule has 0 aromatic rings. The fraction of sp³-hybridized carbons (Fsp3) is 0.941. The number of amides is 1. The van der Waals surface area contributed by atoms with Gasteiger partial charge in [0.25, 0.3) is 0 Å². The Balaban J connectivity index is 2.18. The van der Waals surface area contributed by atoms with E-state index in [0.717, 1.165) is 44.9 Å². The van der Waals surface area contributed by atoms with Gasteiger partial charge >= 0.3 is 0 Å². The van der Waals surface area contributed by atoms with E-state index in [1.165, 1.54) is 154 Å². The summed E-state index contributed by atoms with van der Waals surface area (Å²) < 4.78 is 11.0. The van der Waals surface area contributed by atoms with Crippen molar-refractivity contribution in [3.8, 4) is 0 Å². The summed E-state index contributed by atoms with van der Waals surface area (Å²) in [5, 5.41) is 75.4. The van der Waals surface area contributed by atoms with Gasteiger partial charge in [0.2, 0.25) is 5.91 Å². The first-order valence-electron chi connectivity index (χ1n) is 26.1. The number of aliphatic hydroxyl groups is 7. The van der Waals surface area contributed by atoms with Crippen LogP contribution in [0.3, 0.4) is 0 Å². The number of nitrogens with one attached hydrogen (secondary N) is 1. The Bertz CT molecular complexity index is 1020. The van der Waals surface area contributed by atoms with Crippen LogP contribution in [0.15, 0.2) is 12.2 Å². The lowest BCUT2D eigenvalue weighted by Crippen LogP contribution is -2.60. The van der Waals surface area contributed by atoms with Crippen molar-refractivity contribution in [2.24, 2.45) is 0 Å². The van der Waals surface area contributed by atoms with E-state index in [4.69, 9.17) is 9.47 Å². The molecule has 1 amide bonds. The van der Waals surface area contributed by atoms with Gasteiger partial charge in [-0.05, 0) is 32.1 Å². The fourth-order valence-corrected chi connectivity index (χ4v) is 8.49. The third-order valence-corrected chi connectivity index (χ3v) is 12.8. The zero-order valence-corrected chi connectivity index (χ0v) is 39.9. The second-order valence-electron chi connectivity index (χ2n) is 18.6. The number of carbonyl (C=O) groups excluding carboxylic acids is 1. The molecule has 8 N–H and O–H groups in total. The van der Waals surface area contributed by atoms with E-state index in [0.29, 0.717) is 12.8 Å². The van der Waals surface area contributed by atoms with E-state index in [1.54, 1.807) is 0 Å². The number of hydrogen-bond donors (Lipinski definition) is 8. The normalized spacial score (nSPS) is 21.3. The molecule has 368 valence electrons. The lowest BCUT2D eigenvalue weighted by molar-refractivity contribution is -0.303. The first kappa shape index (κ1) is 58.9. The van der Waals surface area contributed by atoms with Gasteiger partial charge in [0.05, 0.1) is 25.4 Å². The zero-order chi connectivity index (χ0) is 45.5. The molecular formula is C51H99NO10. The van der Waals surface area contributed by atoms with E-state index in [1.807, 2.05) is 0 Å². The van der Waals surface area contributed by atoms with Gasteiger partial charge in [-0.3, -0.25) is 4.79 Å². The minimum absolute atomic E-state index is 0.258. The highest BCUT2D eigenvalue weighted by Gasteiger charge is 2.44. The van der Waals surface area contributed by atoms with Crippen molar-refractivity contribution in [3.05, 3.63) is 12.2 Å². The van der Waals surface area contributed by atoms with Gasteiger partial charge in [0.15, 0.2) is 6.29 Å². The first-order chi connectivity index (χ1) is 30.2. The van der Waals surface area contributed by atoms with Gasteiger partial charge < -0.3 is 50.5 Å². The number of allylic oxidation sites excluding steroid dienone is 2. The second kappa shape index (κ2) is 41.3. The van der Waals surface area contributed by atoms with Crippen LogP contribution in [0.25, 0.3) is 0 Å². The Morgan fingerprint density at radius 1 is 0.548 bits per heavy atom. The molecule has 0 aromatic carbocycles. The van der Waals surface area contributed by atoms with Gasteiger partial charge in [0.1, 0.15) is 36.6 Å². The Kier molecular flexibility index (Phi) is 39.2. The van der Waals surface area contributed by atoms with Gasteiger partial charge in [-0.1, -0.05) is 219 Å². The quantitative estimate of drug-likeness (QED) is 0.0216. The van der Waals surface area contributed by atoms with E-state index in [2.05, 4.69) is 31.3 Å². The Morgan fingerprint density at radius 3 is 1.37 bits per heavy atom. The highest BCUT2D eigenvalue weighted by atomic mass is 16.7. The average molecular weight is 886 g/mol. The van der Waals surface area contributed by atoms with Crippen molar-refractivity contribution >= 4 is 5.91 Å². The summed E-state index contributed by atoms with van der Waals surface area (Å²) in [4.78, 5) is 13.1. The molecule has 1 fully saturated rings. The van der Waals surface area contributed by atoms with Crippen LogP contribution in [-0.2, 0) is 14.3 Å². The van der Waals surface area contributed by atoms with E-state index in [-0.39, 0.29) is 12.8 Å². The second-order valence-corrected chi connectivity index (χ2v) is 18.6. The molecular weight excluding hydrogens is 787 g/mol. The third kappa shape index (κ3) is 30.1. The summed E-state index contributed by atoms with van der Waals surface area (Å²) in [6.07, 6.45) is 34.8. The average Bonchev–Trinajstić information content (AvgIpc) is 3.27. The van der Waals surface area contributed by atoms with Crippen molar-refractivity contribution in [2.45, 2.75) is 294 Å². The number of carbonyl (C=O) groups is 1. The predicted octanol–water partition coefficient (Wildman–Crippen LogP) is 9.62. The molecule has 1 rings (SSSR count). The number of unbranched alkanes of at least 4 members (excludes halogenated alkanes) is 30. The summed E-state index contributed by atoms with van der Waals surface area (Å²) in [6, 6.07) is -1.18. The maximum atomic E-state index is 13.1. The third-order valence-electron chi connectivity index (χ3n) is 12.8. The van der Waals surface area contributed by atoms with Crippen LogP contribution in [0.4, 0.5) is 0 Å².